The Morgan fingerprint density at radius 2 is 1.82 bits per heavy atom. The predicted octanol–water partition coefficient (Wildman–Crippen LogP) is 4.99. The first-order chi connectivity index (χ1) is 13.6. The van der Waals surface area contributed by atoms with Crippen molar-refractivity contribution in [3.8, 4) is 5.75 Å². The van der Waals surface area contributed by atoms with Gasteiger partial charge >= 0.3 is 0 Å². The van der Waals surface area contributed by atoms with Crippen molar-refractivity contribution in [1.82, 2.24) is 4.90 Å². The van der Waals surface area contributed by atoms with E-state index in [0.29, 0.717) is 28.2 Å². The first-order valence-corrected chi connectivity index (χ1v) is 9.99. The van der Waals surface area contributed by atoms with E-state index in [4.69, 9.17) is 21.1 Å². The number of benzene rings is 2. The molecule has 3 rings (SSSR count). The predicted molar refractivity (Wildman–Crippen MR) is 115 cm³/mol. The Balaban J connectivity index is 1.87. The minimum absolute atomic E-state index is 0.0525. The van der Waals surface area contributed by atoms with Crippen LogP contribution in [0.5, 0.6) is 5.75 Å². The molecule has 0 aliphatic carbocycles. The number of methoxy groups -OCH3 is 2. The van der Waals surface area contributed by atoms with E-state index in [0.717, 1.165) is 23.4 Å². The van der Waals surface area contributed by atoms with E-state index in [1.807, 2.05) is 42.5 Å². The highest BCUT2D eigenvalue weighted by molar-refractivity contribution is 8.18. The molecule has 1 amide bonds. The van der Waals surface area contributed by atoms with E-state index in [1.165, 1.54) is 11.8 Å². The summed E-state index contributed by atoms with van der Waals surface area (Å²) in [6.45, 7) is 1.13. The van der Waals surface area contributed by atoms with Crippen LogP contribution in [0.1, 0.15) is 12.0 Å². The van der Waals surface area contributed by atoms with Crippen LogP contribution >= 0.6 is 23.4 Å². The molecule has 1 fully saturated rings. The number of hydrogen-bond acceptors (Lipinski definition) is 5. The van der Waals surface area contributed by atoms with Gasteiger partial charge in [0, 0.05) is 25.3 Å². The van der Waals surface area contributed by atoms with Gasteiger partial charge in [-0.25, -0.2) is 4.99 Å². The van der Waals surface area contributed by atoms with E-state index in [-0.39, 0.29) is 5.91 Å². The molecule has 5 nitrogen and oxygen atoms in total. The van der Waals surface area contributed by atoms with E-state index in [2.05, 4.69) is 4.99 Å². The first-order valence-electron chi connectivity index (χ1n) is 8.79. The van der Waals surface area contributed by atoms with Crippen molar-refractivity contribution < 1.29 is 14.3 Å². The fraction of sp³-hybridized carbons (Fsp3) is 0.238. The molecule has 2 aromatic rings. The Labute approximate surface area is 174 Å². The van der Waals surface area contributed by atoms with Crippen LogP contribution in [0.4, 0.5) is 5.69 Å². The summed E-state index contributed by atoms with van der Waals surface area (Å²) in [5.74, 6) is 0.711. The molecule has 7 heteroatoms. The number of hydrogen-bond donors (Lipinski definition) is 0. The maximum Gasteiger partial charge on any atom is 0.266 e. The van der Waals surface area contributed by atoms with Gasteiger partial charge in [0.2, 0.25) is 0 Å². The lowest BCUT2D eigenvalue weighted by molar-refractivity contribution is -0.122. The Kier molecular flexibility index (Phi) is 7.14. The lowest BCUT2D eigenvalue weighted by Gasteiger charge is -2.15. The zero-order valence-corrected chi connectivity index (χ0v) is 17.3. The van der Waals surface area contributed by atoms with Gasteiger partial charge in [-0.3, -0.25) is 9.69 Å². The summed E-state index contributed by atoms with van der Waals surface area (Å²) in [5.41, 5.74) is 1.68. The molecule has 1 heterocycles. The summed E-state index contributed by atoms with van der Waals surface area (Å²) in [7, 11) is 3.27. The normalized spacial score (nSPS) is 17.0. The Morgan fingerprint density at radius 1 is 1.11 bits per heavy atom. The van der Waals surface area contributed by atoms with Crippen LogP contribution < -0.4 is 4.74 Å². The Morgan fingerprint density at radius 3 is 2.46 bits per heavy atom. The highest BCUT2D eigenvalue weighted by Gasteiger charge is 2.33. The smallest absolute Gasteiger partial charge is 0.266 e. The number of amides is 1. The minimum Gasteiger partial charge on any atom is -0.497 e. The van der Waals surface area contributed by atoms with Gasteiger partial charge in [-0.05, 0) is 66.2 Å². The summed E-state index contributed by atoms with van der Waals surface area (Å²) in [6.07, 6.45) is 2.60. The number of amidine groups is 1. The third-order valence-corrected chi connectivity index (χ3v) is 5.34. The minimum atomic E-state index is -0.0525. The van der Waals surface area contributed by atoms with E-state index < -0.39 is 0 Å². The van der Waals surface area contributed by atoms with Gasteiger partial charge in [0.15, 0.2) is 5.17 Å². The molecular formula is C21H21ClN2O3S. The van der Waals surface area contributed by atoms with E-state index in [1.54, 1.807) is 31.3 Å². The van der Waals surface area contributed by atoms with Crippen molar-refractivity contribution in [2.45, 2.75) is 6.42 Å². The second-order valence-electron chi connectivity index (χ2n) is 6.06. The molecule has 2 aromatic carbocycles. The Hall–Kier alpha value is -2.28. The molecule has 28 heavy (non-hydrogen) atoms. The second-order valence-corrected chi connectivity index (χ2v) is 7.50. The Bertz CT molecular complexity index is 880. The average molecular weight is 417 g/mol. The van der Waals surface area contributed by atoms with Crippen molar-refractivity contribution in [2.75, 3.05) is 27.4 Å². The summed E-state index contributed by atoms with van der Waals surface area (Å²) in [4.78, 5) is 20.0. The lowest BCUT2D eigenvalue weighted by atomic mass is 10.2. The van der Waals surface area contributed by atoms with Crippen molar-refractivity contribution in [3.63, 3.8) is 0 Å². The fourth-order valence-corrected chi connectivity index (χ4v) is 3.78. The molecule has 0 N–H and O–H groups in total. The highest BCUT2D eigenvalue weighted by atomic mass is 35.5. The molecular weight excluding hydrogens is 396 g/mol. The van der Waals surface area contributed by atoms with Crippen LogP contribution in [0.25, 0.3) is 6.08 Å². The molecule has 0 atom stereocenters. The monoisotopic (exact) mass is 416 g/mol. The molecule has 0 spiro atoms. The van der Waals surface area contributed by atoms with Crippen LogP contribution in [0.15, 0.2) is 58.4 Å². The van der Waals surface area contributed by atoms with Gasteiger partial charge in [-0.15, -0.1) is 0 Å². The largest absolute Gasteiger partial charge is 0.497 e. The number of nitrogens with zero attached hydrogens (tertiary/aromatic N) is 2. The van der Waals surface area contributed by atoms with E-state index >= 15 is 0 Å². The summed E-state index contributed by atoms with van der Waals surface area (Å²) in [5, 5.41) is 1.32. The van der Waals surface area contributed by atoms with Gasteiger partial charge < -0.3 is 9.47 Å². The maximum absolute atomic E-state index is 12.9. The number of aliphatic imine (C=N–C) groups is 1. The number of halogens is 1. The molecule has 0 aromatic heterocycles. The molecule has 1 saturated heterocycles. The van der Waals surface area contributed by atoms with Crippen LogP contribution in [0, 0.1) is 0 Å². The van der Waals surface area contributed by atoms with Gasteiger partial charge in [0.25, 0.3) is 5.91 Å². The molecule has 1 aliphatic heterocycles. The standard InChI is InChI=1S/C21H21ClN2O3S/c1-26-13-3-12-24-20(25)19(14-15-4-6-16(22)7-5-15)28-21(24)23-17-8-10-18(27-2)11-9-17/h4-11,14H,3,12-13H2,1-2H3/b19-14-,23-21?. The fourth-order valence-electron chi connectivity index (χ4n) is 2.63. The van der Waals surface area contributed by atoms with Gasteiger partial charge in [-0.1, -0.05) is 23.7 Å². The zero-order valence-electron chi connectivity index (χ0n) is 15.7. The SMILES string of the molecule is COCCCN1C(=O)/C(=C/c2ccc(Cl)cc2)SC1=Nc1ccc(OC)cc1. The van der Waals surface area contributed by atoms with Crippen LogP contribution in [-0.2, 0) is 9.53 Å². The molecule has 1 aliphatic rings. The van der Waals surface area contributed by atoms with Crippen molar-refractivity contribution in [1.29, 1.82) is 0 Å². The maximum atomic E-state index is 12.9. The third-order valence-electron chi connectivity index (χ3n) is 4.08. The van der Waals surface area contributed by atoms with Crippen LogP contribution in [0.2, 0.25) is 5.02 Å². The topological polar surface area (TPSA) is 51.1 Å². The third kappa shape index (κ3) is 5.16. The lowest BCUT2D eigenvalue weighted by Crippen LogP contribution is -2.30. The average Bonchev–Trinajstić information content (AvgIpc) is 2.99. The van der Waals surface area contributed by atoms with Crippen LogP contribution in [0.3, 0.4) is 0 Å². The number of thioether (sulfide) groups is 1. The zero-order chi connectivity index (χ0) is 19.9. The molecule has 0 saturated carbocycles. The molecule has 146 valence electrons. The van der Waals surface area contributed by atoms with Gasteiger partial charge in [0.1, 0.15) is 5.75 Å². The summed E-state index contributed by atoms with van der Waals surface area (Å²) >= 11 is 7.32. The number of carbonyl (C=O) groups excluding carboxylic acids is 1. The van der Waals surface area contributed by atoms with Gasteiger partial charge in [-0.2, -0.15) is 0 Å². The molecule has 0 unspecified atom stereocenters. The number of carbonyl (C=O) groups is 1. The highest BCUT2D eigenvalue weighted by Crippen LogP contribution is 2.34. The van der Waals surface area contributed by atoms with Crippen LogP contribution in [-0.4, -0.2) is 43.3 Å². The molecule has 0 bridgehead atoms. The molecule has 0 radical (unpaired) electrons. The summed E-state index contributed by atoms with van der Waals surface area (Å²) in [6, 6.07) is 14.8. The number of rotatable bonds is 7. The van der Waals surface area contributed by atoms with Crippen molar-refractivity contribution in [2.24, 2.45) is 4.99 Å². The quantitative estimate of drug-likeness (QED) is 0.471. The summed E-state index contributed by atoms with van der Waals surface area (Å²) < 4.78 is 10.3. The van der Waals surface area contributed by atoms with Gasteiger partial charge in [0.05, 0.1) is 17.7 Å². The van der Waals surface area contributed by atoms with E-state index in [9.17, 15) is 4.79 Å². The first kappa shape index (κ1) is 20.5. The van der Waals surface area contributed by atoms with Crippen molar-refractivity contribution >= 4 is 46.2 Å². The van der Waals surface area contributed by atoms with Crippen molar-refractivity contribution in [3.05, 3.63) is 64.0 Å². The number of ether oxygens (including phenoxy) is 2. The second kappa shape index (κ2) is 9.78.